The van der Waals surface area contributed by atoms with Crippen molar-refractivity contribution in [2.24, 2.45) is 0 Å². The molecule has 2 heterocycles. The number of nitrogens with zero attached hydrogens (tertiary/aromatic N) is 2. The minimum absolute atomic E-state index is 0.0620. The van der Waals surface area contributed by atoms with Gasteiger partial charge in [0.05, 0.1) is 5.56 Å². The van der Waals surface area contributed by atoms with Crippen molar-refractivity contribution >= 4 is 11.9 Å². The molecule has 0 bridgehead atoms. The van der Waals surface area contributed by atoms with Gasteiger partial charge in [-0.25, -0.2) is 14.6 Å². The highest BCUT2D eigenvalue weighted by Gasteiger charge is 2.18. The summed E-state index contributed by atoms with van der Waals surface area (Å²) < 4.78 is 0. The van der Waals surface area contributed by atoms with E-state index in [4.69, 9.17) is 10.2 Å². The molecule has 0 radical (unpaired) electrons. The first-order chi connectivity index (χ1) is 8.61. The zero-order valence-electron chi connectivity index (χ0n) is 9.07. The number of pyridine rings is 2. The number of hydrogen-bond donors (Lipinski definition) is 2. The maximum atomic E-state index is 11.1. The fourth-order valence-electron chi connectivity index (χ4n) is 1.59. The summed E-state index contributed by atoms with van der Waals surface area (Å²) in [6.45, 7) is 0. The molecular formula is C12H8N2O4. The summed E-state index contributed by atoms with van der Waals surface area (Å²) in [4.78, 5) is 29.6. The quantitative estimate of drug-likeness (QED) is 0.849. The molecule has 6 nitrogen and oxygen atoms in total. The summed E-state index contributed by atoms with van der Waals surface area (Å²) in [5, 5.41) is 18.1. The maximum absolute atomic E-state index is 11.1. The van der Waals surface area contributed by atoms with Crippen molar-refractivity contribution in [2.45, 2.75) is 0 Å². The highest BCUT2D eigenvalue weighted by molar-refractivity contribution is 6.00. The second-order valence-corrected chi connectivity index (χ2v) is 3.43. The lowest BCUT2D eigenvalue weighted by Crippen LogP contribution is -2.06. The normalized spacial score (nSPS) is 10.0. The molecule has 0 aromatic carbocycles. The molecule has 2 aromatic heterocycles. The lowest BCUT2D eigenvalue weighted by atomic mass is 10.0. The first-order valence-electron chi connectivity index (χ1n) is 4.97. The molecule has 0 atom stereocenters. The fraction of sp³-hybridized carbons (Fsp3) is 0. The number of carboxylic acids is 2. The standard InChI is InChI=1S/C12H8N2O4/c15-11(16)9-6-13-5-3-7(9)8-2-1-4-14-10(8)12(17)18/h1-6H,(H,15,16)(H,17,18). The van der Waals surface area contributed by atoms with Crippen LogP contribution in [-0.2, 0) is 0 Å². The molecule has 0 saturated carbocycles. The highest BCUT2D eigenvalue weighted by atomic mass is 16.4. The number of aromatic carboxylic acids is 2. The molecule has 90 valence electrons. The molecule has 2 N–H and O–H groups in total. The largest absolute Gasteiger partial charge is 0.478 e. The van der Waals surface area contributed by atoms with Crippen molar-refractivity contribution in [3.63, 3.8) is 0 Å². The van der Waals surface area contributed by atoms with Gasteiger partial charge in [-0.05, 0) is 12.1 Å². The first kappa shape index (κ1) is 11.7. The molecule has 2 aromatic rings. The Kier molecular flexibility index (Phi) is 3.01. The Morgan fingerprint density at radius 3 is 2.44 bits per heavy atom. The van der Waals surface area contributed by atoms with Crippen LogP contribution in [0.4, 0.5) is 0 Å². The van der Waals surface area contributed by atoms with Gasteiger partial charge in [-0.15, -0.1) is 0 Å². The van der Waals surface area contributed by atoms with Crippen LogP contribution in [0.1, 0.15) is 20.8 Å². The van der Waals surface area contributed by atoms with E-state index in [2.05, 4.69) is 9.97 Å². The maximum Gasteiger partial charge on any atom is 0.355 e. The van der Waals surface area contributed by atoms with E-state index < -0.39 is 11.9 Å². The summed E-state index contributed by atoms with van der Waals surface area (Å²) in [6, 6.07) is 4.51. The van der Waals surface area contributed by atoms with E-state index in [9.17, 15) is 9.59 Å². The van der Waals surface area contributed by atoms with Gasteiger partial charge in [-0.3, -0.25) is 4.98 Å². The van der Waals surface area contributed by atoms with Crippen LogP contribution in [0.25, 0.3) is 11.1 Å². The predicted octanol–water partition coefficient (Wildman–Crippen LogP) is 1.54. The van der Waals surface area contributed by atoms with Crippen molar-refractivity contribution in [3.05, 3.63) is 48.0 Å². The molecule has 0 saturated heterocycles. The summed E-state index contributed by atoms with van der Waals surface area (Å²) in [7, 11) is 0. The average Bonchev–Trinajstić information content (AvgIpc) is 2.38. The summed E-state index contributed by atoms with van der Waals surface area (Å²) in [5.74, 6) is -2.38. The Morgan fingerprint density at radius 1 is 1.00 bits per heavy atom. The van der Waals surface area contributed by atoms with Crippen molar-refractivity contribution in [2.75, 3.05) is 0 Å². The Balaban J connectivity index is 2.70. The van der Waals surface area contributed by atoms with Crippen LogP contribution >= 0.6 is 0 Å². The van der Waals surface area contributed by atoms with E-state index in [1.807, 2.05) is 0 Å². The van der Waals surface area contributed by atoms with Gasteiger partial charge in [0.2, 0.25) is 0 Å². The monoisotopic (exact) mass is 244 g/mol. The van der Waals surface area contributed by atoms with E-state index in [0.717, 1.165) is 0 Å². The van der Waals surface area contributed by atoms with E-state index in [1.165, 1.54) is 30.7 Å². The van der Waals surface area contributed by atoms with Crippen molar-refractivity contribution < 1.29 is 19.8 Å². The van der Waals surface area contributed by atoms with Crippen molar-refractivity contribution in [1.82, 2.24) is 9.97 Å². The summed E-state index contributed by atoms with van der Waals surface area (Å²) in [5.41, 5.74) is 0.284. The van der Waals surface area contributed by atoms with Crippen LogP contribution in [0.5, 0.6) is 0 Å². The van der Waals surface area contributed by atoms with Gasteiger partial charge in [0, 0.05) is 29.7 Å². The molecule has 6 heteroatoms. The minimum Gasteiger partial charge on any atom is -0.478 e. The SMILES string of the molecule is O=C(O)c1cnccc1-c1cccnc1C(=O)O. The molecule has 0 spiro atoms. The number of carbonyl (C=O) groups is 2. The van der Waals surface area contributed by atoms with E-state index in [-0.39, 0.29) is 22.4 Å². The Morgan fingerprint density at radius 2 is 1.78 bits per heavy atom. The van der Waals surface area contributed by atoms with Gasteiger partial charge < -0.3 is 10.2 Å². The third kappa shape index (κ3) is 2.03. The third-order valence-electron chi connectivity index (χ3n) is 2.35. The van der Waals surface area contributed by atoms with Crippen molar-refractivity contribution in [1.29, 1.82) is 0 Å². The first-order valence-corrected chi connectivity index (χ1v) is 4.97. The second-order valence-electron chi connectivity index (χ2n) is 3.43. The third-order valence-corrected chi connectivity index (χ3v) is 2.35. The highest BCUT2D eigenvalue weighted by Crippen LogP contribution is 2.25. The van der Waals surface area contributed by atoms with E-state index >= 15 is 0 Å². The predicted molar refractivity (Wildman–Crippen MR) is 61.4 cm³/mol. The number of rotatable bonds is 3. The van der Waals surface area contributed by atoms with E-state index in [0.29, 0.717) is 0 Å². The molecule has 0 aliphatic heterocycles. The number of aromatic nitrogens is 2. The number of hydrogen-bond acceptors (Lipinski definition) is 4. The van der Waals surface area contributed by atoms with E-state index in [1.54, 1.807) is 6.07 Å². The lowest BCUT2D eigenvalue weighted by Gasteiger charge is -2.07. The zero-order chi connectivity index (χ0) is 13.1. The minimum atomic E-state index is -1.21. The van der Waals surface area contributed by atoms with Crippen molar-refractivity contribution in [3.8, 4) is 11.1 Å². The molecule has 0 fully saturated rings. The number of carboxylic acid groups (broad SMARTS) is 2. The molecule has 0 aliphatic rings. The molecule has 0 amide bonds. The Hall–Kier alpha value is -2.76. The zero-order valence-corrected chi connectivity index (χ0v) is 9.07. The fourth-order valence-corrected chi connectivity index (χ4v) is 1.59. The van der Waals surface area contributed by atoms with Crippen LogP contribution in [0, 0.1) is 0 Å². The molecule has 18 heavy (non-hydrogen) atoms. The van der Waals surface area contributed by atoms with Gasteiger partial charge in [0.15, 0.2) is 5.69 Å². The van der Waals surface area contributed by atoms with Gasteiger partial charge in [-0.2, -0.15) is 0 Å². The second kappa shape index (κ2) is 4.62. The van der Waals surface area contributed by atoms with Crippen LogP contribution in [0.15, 0.2) is 36.8 Å². The van der Waals surface area contributed by atoms with Crippen LogP contribution in [0.3, 0.4) is 0 Å². The van der Waals surface area contributed by atoms with Crippen LogP contribution < -0.4 is 0 Å². The lowest BCUT2D eigenvalue weighted by molar-refractivity contribution is 0.0680. The average molecular weight is 244 g/mol. The Labute approximate surface area is 102 Å². The van der Waals surface area contributed by atoms with Crippen LogP contribution in [-0.4, -0.2) is 32.1 Å². The molecule has 0 aliphatic carbocycles. The Bertz CT molecular complexity index is 569. The van der Waals surface area contributed by atoms with Crippen LogP contribution in [0.2, 0.25) is 0 Å². The van der Waals surface area contributed by atoms with Gasteiger partial charge in [0.25, 0.3) is 0 Å². The summed E-state index contributed by atoms with van der Waals surface area (Å²) >= 11 is 0. The molecular weight excluding hydrogens is 236 g/mol. The van der Waals surface area contributed by atoms with Gasteiger partial charge in [-0.1, -0.05) is 6.07 Å². The topological polar surface area (TPSA) is 100 Å². The van der Waals surface area contributed by atoms with Gasteiger partial charge >= 0.3 is 11.9 Å². The van der Waals surface area contributed by atoms with Gasteiger partial charge in [0.1, 0.15) is 0 Å². The molecule has 0 unspecified atom stereocenters. The molecule has 2 rings (SSSR count). The smallest absolute Gasteiger partial charge is 0.355 e. The summed E-state index contributed by atoms with van der Waals surface area (Å²) in [6.07, 6.45) is 3.92.